The molecular weight excluding hydrogens is 258 g/mol. The molecule has 1 nitrogen and oxygen atoms in total. The lowest BCUT2D eigenvalue weighted by atomic mass is 10.1. The third kappa shape index (κ3) is 3.23. The second-order valence-electron chi connectivity index (χ2n) is 4.62. The Hall–Kier alpha value is -2.16. The Morgan fingerprint density at radius 2 is 1.30 bits per heavy atom. The number of rotatable bonds is 4. The van der Waals surface area contributed by atoms with Crippen LogP contribution in [-0.4, -0.2) is 5.11 Å². The van der Waals surface area contributed by atoms with E-state index in [9.17, 15) is 8.78 Å². The quantitative estimate of drug-likeness (QED) is 0.768. The third-order valence-corrected chi connectivity index (χ3v) is 3.06. The van der Waals surface area contributed by atoms with E-state index in [1.165, 1.54) is 24.3 Å². The summed E-state index contributed by atoms with van der Waals surface area (Å²) in [4.78, 5) is 0. The summed E-state index contributed by atoms with van der Waals surface area (Å²) in [7, 11) is 0. The van der Waals surface area contributed by atoms with Crippen LogP contribution in [0, 0.1) is 0 Å². The van der Waals surface area contributed by atoms with E-state index in [0.29, 0.717) is 0 Å². The molecule has 0 fully saturated rings. The van der Waals surface area contributed by atoms with Gasteiger partial charge in [0.15, 0.2) is 11.7 Å². The summed E-state index contributed by atoms with van der Waals surface area (Å²) in [6, 6.07) is 12.1. The van der Waals surface area contributed by atoms with Gasteiger partial charge in [-0.25, -0.2) is 8.78 Å². The number of aromatic hydroxyl groups is 1. The van der Waals surface area contributed by atoms with Crippen LogP contribution in [0.15, 0.2) is 48.5 Å². The van der Waals surface area contributed by atoms with Gasteiger partial charge in [0.1, 0.15) is 5.75 Å². The van der Waals surface area contributed by atoms with Crippen molar-refractivity contribution in [3.63, 3.8) is 0 Å². The van der Waals surface area contributed by atoms with Crippen LogP contribution in [0.1, 0.15) is 30.0 Å². The maximum Gasteiger partial charge on any atom is 0.166 e. The Morgan fingerprint density at radius 3 is 1.75 bits per heavy atom. The van der Waals surface area contributed by atoms with Crippen molar-refractivity contribution in [2.75, 3.05) is 0 Å². The standard InChI is InChI=1S/C17H16F2O/c1-2-3-12-4-6-13(7-5-12)16(18)17(19)14-8-10-15(20)11-9-14/h4-11,20H,2-3H2,1H3. The van der Waals surface area contributed by atoms with Crippen molar-refractivity contribution in [1.29, 1.82) is 0 Å². The Kier molecular flexibility index (Phi) is 4.51. The van der Waals surface area contributed by atoms with Crippen LogP contribution < -0.4 is 0 Å². The van der Waals surface area contributed by atoms with Crippen molar-refractivity contribution in [2.45, 2.75) is 19.8 Å². The second kappa shape index (κ2) is 6.33. The first kappa shape index (κ1) is 14.3. The minimum atomic E-state index is -0.923. The van der Waals surface area contributed by atoms with Crippen LogP contribution in [0.2, 0.25) is 0 Å². The van der Waals surface area contributed by atoms with Crippen molar-refractivity contribution >= 4 is 11.7 Å². The van der Waals surface area contributed by atoms with Gasteiger partial charge in [-0.3, -0.25) is 0 Å². The Labute approximate surface area is 117 Å². The zero-order valence-electron chi connectivity index (χ0n) is 11.2. The molecule has 2 rings (SSSR count). The molecule has 0 atom stereocenters. The minimum absolute atomic E-state index is 0.0193. The maximum atomic E-state index is 14.1. The lowest BCUT2D eigenvalue weighted by Gasteiger charge is -2.04. The molecule has 0 radical (unpaired) electrons. The molecule has 2 aromatic rings. The van der Waals surface area contributed by atoms with Crippen molar-refractivity contribution in [2.24, 2.45) is 0 Å². The van der Waals surface area contributed by atoms with Gasteiger partial charge in [-0.15, -0.1) is 0 Å². The predicted molar refractivity (Wildman–Crippen MR) is 77.6 cm³/mol. The predicted octanol–water partition coefficient (Wildman–Crippen LogP) is 5.11. The summed E-state index contributed by atoms with van der Waals surface area (Å²) >= 11 is 0. The number of phenolic OH excluding ortho intramolecular Hbond substituents is 1. The molecule has 0 spiro atoms. The van der Waals surface area contributed by atoms with E-state index in [-0.39, 0.29) is 16.9 Å². The van der Waals surface area contributed by atoms with Gasteiger partial charge in [-0.05, 0) is 36.2 Å². The zero-order chi connectivity index (χ0) is 14.5. The van der Waals surface area contributed by atoms with Crippen molar-refractivity contribution < 1.29 is 13.9 Å². The molecule has 0 unspecified atom stereocenters. The molecule has 0 heterocycles. The monoisotopic (exact) mass is 274 g/mol. The van der Waals surface area contributed by atoms with Crippen LogP contribution in [-0.2, 0) is 6.42 Å². The average molecular weight is 274 g/mol. The van der Waals surface area contributed by atoms with Crippen LogP contribution in [0.25, 0.3) is 11.7 Å². The highest BCUT2D eigenvalue weighted by atomic mass is 19.2. The molecule has 0 bridgehead atoms. The van der Waals surface area contributed by atoms with E-state index in [1.54, 1.807) is 12.1 Å². The van der Waals surface area contributed by atoms with Crippen LogP contribution in [0.5, 0.6) is 5.75 Å². The van der Waals surface area contributed by atoms with Crippen LogP contribution in [0.3, 0.4) is 0 Å². The van der Waals surface area contributed by atoms with Gasteiger partial charge in [-0.1, -0.05) is 37.6 Å². The van der Waals surface area contributed by atoms with Gasteiger partial charge in [0.2, 0.25) is 0 Å². The molecular formula is C17H16F2O. The van der Waals surface area contributed by atoms with Crippen LogP contribution in [0.4, 0.5) is 8.78 Å². The number of hydrogen-bond acceptors (Lipinski definition) is 1. The number of hydrogen-bond donors (Lipinski definition) is 1. The zero-order valence-corrected chi connectivity index (χ0v) is 11.2. The average Bonchev–Trinajstić information content (AvgIpc) is 2.48. The third-order valence-electron chi connectivity index (χ3n) is 3.06. The van der Waals surface area contributed by atoms with Gasteiger partial charge in [0.25, 0.3) is 0 Å². The van der Waals surface area contributed by atoms with E-state index in [2.05, 4.69) is 6.92 Å². The molecule has 0 aliphatic carbocycles. The molecule has 20 heavy (non-hydrogen) atoms. The first-order chi connectivity index (χ1) is 9.61. The number of aryl methyl sites for hydroxylation is 1. The fourth-order valence-electron chi connectivity index (χ4n) is 1.97. The second-order valence-corrected chi connectivity index (χ2v) is 4.62. The number of benzene rings is 2. The molecule has 2 aromatic carbocycles. The molecule has 0 aliphatic rings. The minimum Gasteiger partial charge on any atom is -0.508 e. The van der Waals surface area contributed by atoms with Crippen molar-refractivity contribution in [1.82, 2.24) is 0 Å². The molecule has 0 saturated carbocycles. The van der Waals surface area contributed by atoms with Crippen molar-refractivity contribution in [3.05, 3.63) is 65.2 Å². The van der Waals surface area contributed by atoms with Gasteiger partial charge in [-0.2, -0.15) is 0 Å². The summed E-state index contributed by atoms with van der Waals surface area (Å²) in [5, 5.41) is 9.14. The highest BCUT2D eigenvalue weighted by Crippen LogP contribution is 2.29. The first-order valence-electron chi connectivity index (χ1n) is 6.55. The largest absolute Gasteiger partial charge is 0.508 e. The van der Waals surface area contributed by atoms with Gasteiger partial charge >= 0.3 is 0 Å². The Balaban J connectivity index is 2.30. The van der Waals surface area contributed by atoms with E-state index in [4.69, 9.17) is 5.11 Å². The normalized spacial score (nSPS) is 12.2. The number of phenols is 1. The SMILES string of the molecule is CCCc1ccc(C(F)=C(F)c2ccc(O)cc2)cc1. The Morgan fingerprint density at radius 1 is 0.850 bits per heavy atom. The van der Waals surface area contributed by atoms with Gasteiger partial charge in [0, 0.05) is 11.1 Å². The first-order valence-corrected chi connectivity index (χ1v) is 6.55. The topological polar surface area (TPSA) is 20.2 Å². The summed E-state index contributed by atoms with van der Waals surface area (Å²) < 4.78 is 28.1. The highest BCUT2D eigenvalue weighted by Gasteiger charge is 2.11. The summed E-state index contributed by atoms with van der Waals surface area (Å²) in [6.45, 7) is 2.07. The van der Waals surface area contributed by atoms with E-state index in [0.717, 1.165) is 18.4 Å². The molecule has 0 aliphatic heterocycles. The fraction of sp³-hybridized carbons (Fsp3) is 0.176. The molecule has 0 saturated heterocycles. The molecule has 1 N–H and O–H groups in total. The fourth-order valence-corrected chi connectivity index (χ4v) is 1.97. The molecule has 0 aromatic heterocycles. The van der Waals surface area contributed by atoms with E-state index >= 15 is 0 Å². The Bertz CT molecular complexity index is 598. The highest BCUT2D eigenvalue weighted by molar-refractivity contribution is 5.83. The van der Waals surface area contributed by atoms with Gasteiger partial charge < -0.3 is 5.11 Å². The van der Waals surface area contributed by atoms with Crippen molar-refractivity contribution in [3.8, 4) is 5.75 Å². The summed E-state index contributed by atoms with van der Waals surface area (Å²) in [5.41, 5.74) is 1.43. The van der Waals surface area contributed by atoms with E-state index < -0.39 is 11.7 Å². The summed E-state index contributed by atoms with van der Waals surface area (Å²) in [6.07, 6.45) is 1.94. The summed E-state index contributed by atoms with van der Waals surface area (Å²) in [5.74, 6) is -1.79. The maximum absolute atomic E-state index is 14.1. The van der Waals surface area contributed by atoms with Crippen LogP contribution >= 0.6 is 0 Å². The smallest absolute Gasteiger partial charge is 0.166 e. The molecule has 104 valence electrons. The molecule has 0 amide bonds. The number of halogens is 2. The lowest BCUT2D eigenvalue weighted by Crippen LogP contribution is -1.87. The van der Waals surface area contributed by atoms with E-state index in [1.807, 2.05) is 12.1 Å². The lowest BCUT2D eigenvalue weighted by molar-refractivity contribution is 0.475. The van der Waals surface area contributed by atoms with Gasteiger partial charge in [0.05, 0.1) is 0 Å². The molecule has 3 heteroatoms.